The van der Waals surface area contributed by atoms with E-state index in [9.17, 15) is 4.79 Å². The lowest BCUT2D eigenvalue weighted by molar-refractivity contribution is 0.0699. The third-order valence-electron chi connectivity index (χ3n) is 2.55. The van der Waals surface area contributed by atoms with Crippen molar-refractivity contribution in [3.8, 4) is 0 Å². The van der Waals surface area contributed by atoms with E-state index in [1.54, 1.807) is 16.8 Å². The molecule has 2 rings (SSSR count). The Hall–Kier alpha value is -1.84. The van der Waals surface area contributed by atoms with Gasteiger partial charge in [0.05, 0.1) is 5.56 Å². The topological polar surface area (TPSA) is 55.1 Å². The molecule has 1 aromatic carbocycles. The Labute approximate surface area is 87.1 Å². The number of carbonyl (C=O) groups is 1. The minimum Gasteiger partial charge on any atom is -0.478 e. The molecule has 2 aromatic rings. The SMILES string of the molecule is CCc1c2cccc(C(=O)O)c2nn1C. The molecule has 15 heavy (non-hydrogen) atoms. The number of carboxylic acids is 1. The second kappa shape index (κ2) is 3.38. The quantitative estimate of drug-likeness (QED) is 0.812. The normalized spacial score (nSPS) is 10.8. The van der Waals surface area contributed by atoms with Crippen LogP contribution >= 0.6 is 0 Å². The number of fused-ring (bicyclic) bond motifs is 1. The van der Waals surface area contributed by atoms with Gasteiger partial charge in [-0.25, -0.2) is 4.79 Å². The Morgan fingerprint density at radius 3 is 2.87 bits per heavy atom. The molecule has 0 spiro atoms. The van der Waals surface area contributed by atoms with Gasteiger partial charge < -0.3 is 5.11 Å². The van der Waals surface area contributed by atoms with Gasteiger partial charge in [-0.2, -0.15) is 5.10 Å². The largest absolute Gasteiger partial charge is 0.478 e. The monoisotopic (exact) mass is 204 g/mol. The minimum absolute atomic E-state index is 0.266. The van der Waals surface area contributed by atoms with Crippen LogP contribution in [0.5, 0.6) is 0 Å². The van der Waals surface area contributed by atoms with Crippen LogP contribution in [-0.2, 0) is 13.5 Å². The molecular weight excluding hydrogens is 192 g/mol. The van der Waals surface area contributed by atoms with Crippen LogP contribution in [0.4, 0.5) is 0 Å². The van der Waals surface area contributed by atoms with Crippen molar-refractivity contribution >= 4 is 16.9 Å². The highest BCUT2D eigenvalue weighted by Crippen LogP contribution is 2.21. The fraction of sp³-hybridized carbons (Fsp3) is 0.273. The number of benzene rings is 1. The average molecular weight is 204 g/mol. The summed E-state index contributed by atoms with van der Waals surface area (Å²) in [4.78, 5) is 11.0. The number of hydrogen-bond acceptors (Lipinski definition) is 2. The summed E-state index contributed by atoms with van der Waals surface area (Å²) < 4.78 is 1.75. The summed E-state index contributed by atoms with van der Waals surface area (Å²) >= 11 is 0. The number of carboxylic acid groups (broad SMARTS) is 1. The van der Waals surface area contributed by atoms with Crippen LogP contribution in [0.25, 0.3) is 10.9 Å². The zero-order valence-corrected chi connectivity index (χ0v) is 8.69. The lowest BCUT2D eigenvalue weighted by atomic mass is 10.1. The van der Waals surface area contributed by atoms with Crippen LogP contribution < -0.4 is 0 Å². The number of nitrogens with zero attached hydrogens (tertiary/aromatic N) is 2. The highest BCUT2D eigenvalue weighted by molar-refractivity contribution is 6.02. The number of hydrogen-bond donors (Lipinski definition) is 1. The van der Waals surface area contributed by atoms with Gasteiger partial charge in [-0.1, -0.05) is 19.1 Å². The van der Waals surface area contributed by atoms with E-state index >= 15 is 0 Å². The van der Waals surface area contributed by atoms with Gasteiger partial charge in [0.25, 0.3) is 0 Å². The summed E-state index contributed by atoms with van der Waals surface area (Å²) in [7, 11) is 1.84. The zero-order chi connectivity index (χ0) is 11.0. The van der Waals surface area contributed by atoms with Crippen molar-refractivity contribution in [2.24, 2.45) is 7.05 Å². The fourth-order valence-corrected chi connectivity index (χ4v) is 1.86. The molecule has 1 aromatic heterocycles. The second-order valence-corrected chi connectivity index (χ2v) is 3.43. The predicted molar refractivity (Wildman–Crippen MR) is 57.1 cm³/mol. The maximum absolute atomic E-state index is 11.0. The van der Waals surface area contributed by atoms with E-state index < -0.39 is 5.97 Å². The molecule has 0 amide bonds. The molecule has 1 heterocycles. The Balaban J connectivity index is 2.83. The summed E-state index contributed by atoms with van der Waals surface area (Å²) in [5, 5.41) is 14.2. The summed E-state index contributed by atoms with van der Waals surface area (Å²) in [5.74, 6) is -0.929. The first-order valence-corrected chi connectivity index (χ1v) is 4.83. The van der Waals surface area contributed by atoms with E-state index in [2.05, 4.69) is 5.10 Å². The number of rotatable bonds is 2. The molecule has 0 fully saturated rings. The molecule has 0 radical (unpaired) electrons. The van der Waals surface area contributed by atoms with Crippen molar-refractivity contribution in [2.75, 3.05) is 0 Å². The average Bonchev–Trinajstić information content (AvgIpc) is 2.52. The standard InChI is InChI=1S/C11H12N2O2/c1-3-9-7-5-4-6-8(11(14)15)10(7)12-13(9)2/h4-6H,3H2,1-2H3,(H,14,15). The number of aryl methyl sites for hydroxylation is 2. The van der Waals surface area contributed by atoms with E-state index in [0.29, 0.717) is 5.52 Å². The fourth-order valence-electron chi connectivity index (χ4n) is 1.86. The zero-order valence-electron chi connectivity index (χ0n) is 8.69. The van der Waals surface area contributed by atoms with Crippen molar-refractivity contribution in [1.29, 1.82) is 0 Å². The molecule has 0 aliphatic heterocycles. The molecular formula is C11H12N2O2. The Morgan fingerprint density at radius 1 is 1.53 bits per heavy atom. The molecule has 0 saturated heterocycles. The van der Waals surface area contributed by atoms with E-state index in [1.165, 1.54) is 0 Å². The molecule has 0 saturated carbocycles. The van der Waals surface area contributed by atoms with Crippen LogP contribution in [0.3, 0.4) is 0 Å². The molecule has 1 N–H and O–H groups in total. The first-order chi connectivity index (χ1) is 7.15. The van der Waals surface area contributed by atoms with Crippen molar-refractivity contribution in [3.05, 3.63) is 29.5 Å². The molecule has 4 heteroatoms. The number of aromatic nitrogens is 2. The maximum atomic E-state index is 11.0. The minimum atomic E-state index is -0.929. The van der Waals surface area contributed by atoms with Gasteiger partial charge >= 0.3 is 5.97 Å². The third-order valence-corrected chi connectivity index (χ3v) is 2.55. The number of aromatic carboxylic acids is 1. The van der Waals surface area contributed by atoms with Crippen LogP contribution in [0, 0.1) is 0 Å². The molecule has 78 valence electrons. The lowest BCUT2D eigenvalue weighted by Gasteiger charge is -1.96. The molecule has 0 bridgehead atoms. The van der Waals surface area contributed by atoms with Crippen LogP contribution in [0.15, 0.2) is 18.2 Å². The Kier molecular flexibility index (Phi) is 2.19. The summed E-state index contributed by atoms with van der Waals surface area (Å²) in [5.41, 5.74) is 1.90. The van der Waals surface area contributed by atoms with Crippen molar-refractivity contribution in [3.63, 3.8) is 0 Å². The highest BCUT2D eigenvalue weighted by Gasteiger charge is 2.14. The van der Waals surface area contributed by atoms with Gasteiger partial charge in [0.1, 0.15) is 5.52 Å². The predicted octanol–water partition coefficient (Wildman–Crippen LogP) is 1.83. The summed E-state index contributed by atoms with van der Waals surface area (Å²) in [6, 6.07) is 5.25. The smallest absolute Gasteiger partial charge is 0.337 e. The van der Waals surface area contributed by atoms with Crippen molar-refractivity contribution < 1.29 is 9.90 Å². The van der Waals surface area contributed by atoms with Gasteiger partial charge in [0.15, 0.2) is 0 Å². The van der Waals surface area contributed by atoms with E-state index in [4.69, 9.17) is 5.11 Å². The molecule has 0 atom stereocenters. The Morgan fingerprint density at radius 2 is 2.27 bits per heavy atom. The first-order valence-electron chi connectivity index (χ1n) is 4.83. The van der Waals surface area contributed by atoms with Crippen LogP contribution in [0.2, 0.25) is 0 Å². The van der Waals surface area contributed by atoms with Crippen LogP contribution in [-0.4, -0.2) is 20.9 Å². The van der Waals surface area contributed by atoms with Gasteiger partial charge in [-0.3, -0.25) is 4.68 Å². The first kappa shape index (κ1) is 9.71. The van der Waals surface area contributed by atoms with Crippen molar-refractivity contribution in [2.45, 2.75) is 13.3 Å². The second-order valence-electron chi connectivity index (χ2n) is 3.43. The molecule has 0 aliphatic rings. The summed E-state index contributed by atoms with van der Waals surface area (Å²) in [6.45, 7) is 2.03. The van der Waals surface area contributed by atoms with Gasteiger partial charge in [-0.15, -0.1) is 0 Å². The van der Waals surface area contributed by atoms with Crippen LogP contribution in [0.1, 0.15) is 23.0 Å². The molecule has 0 aliphatic carbocycles. The highest BCUT2D eigenvalue weighted by atomic mass is 16.4. The maximum Gasteiger partial charge on any atom is 0.337 e. The van der Waals surface area contributed by atoms with E-state index in [-0.39, 0.29) is 5.56 Å². The van der Waals surface area contributed by atoms with E-state index in [1.807, 2.05) is 20.0 Å². The molecule has 4 nitrogen and oxygen atoms in total. The van der Waals surface area contributed by atoms with Crippen molar-refractivity contribution in [1.82, 2.24) is 9.78 Å². The molecule has 0 unspecified atom stereocenters. The van der Waals surface area contributed by atoms with E-state index in [0.717, 1.165) is 17.5 Å². The van der Waals surface area contributed by atoms with Gasteiger partial charge in [0, 0.05) is 18.1 Å². The van der Waals surface area contributed by atoms with Gasteiger partial charge in [0.2, 0.25) is 0 Å². The van der Waals surface area contributed by atoms with Gasteiger partial charge in [-0.05, 0) is 12.5 Å². The lowest BCUT2D eigenvalue weighted by Crippen LogP contribution is -1.97. The summed E-state index contributed by atoms with van der Waals surface area (Å²) in [6.07, 6.45) is 0.843. The third kappa shape index (κ3) is 1.38. The Bertz CT molecular complexity index is 529.